The van der Waals surface area contributed by atoms with Crippen molar-refractivity contribution < 1.29 is 37.0 Å². The molecule has 2 N–H and O–H groups in total. The molecule has 0 atom stereocenters. The van der Waals surface area contributed by atoms with E-state index in [2.05, 4.69) is 38.5 Å². The van der Waals surface area contributed by atoms with Gasteiger partial charge in [-0.3, -0.25) is 5.32 Å². The summed E-state index contributed by atoms with van der Waals surface area (Å²) in [5.41, 5.74) is -0.861. The number of nitrogens with zero attached hydrogens (tertiary/aromatic N) is 2. The highest BCUT2D eigenvalue weighted by Gasteiger charge is 2.24. The van der Waals surface area contributed by atoms with Crippen LogP contribution < -0.4 is 20.1 Å². The van der Waals surface area contributed by atoms with E-state index in [9.17, 15) is 22.8 Å². The number of methoxy groups -OCH3 is 1. The van der Waals surface area contributed by atoms with Gasteiger partial charge in [0, 0.05) is 6.54 Å². The summed E-state index contributed by atoms with van der Waals surface area (Å²) in [5.74, 6) is -4.26. The molecule has 0 aliphatic rings. The van der Waals surface area contributed by atoms with Gasteiger partial charge >= 0.3 is 12.2 Å². The van der Waals surface area contributed by atoms with E-state index in [4.69, 9.17) is 9.47 Å². The van der Waals surface area contributed by atoms with E-state index in [1.165, 1.54) is 6.92 Å². The molecule has 2 rings (SSSR count). The van der Waals surface area contributed by atoms with Crippen LogP contribution in [0, 0.1) is 24.4 Å². The molecule has 1 aromatic heterocycles. The SMILES string of the molecule is CCN(CC)CCCCNC(=O)Nc1snc(OCc2c(F)cc(C)c(F)c2F)c1OC(=O)OC. The van der Waals surface area contributed by atoms with Gasteiger partial charge < -0.3 is 24.4 Å². The summed E-state index contributed by atoms with van der Waals surface area (Å²) in [6.07, 6.45) is 0.536. The highest BCUT2D eigenvalue weighted by atomic mass is 32.1. The normalized spacial score (nSPS) is 10.9. The van der Waals surface area contributed by atoms with Crippen molar-refractivity contribution in [2.45, 2.75) is 40.2 Å². The number of aryl methyl sites for hydroxylation is 1. The Morgan fingerprint density at radius 2 is 1.86 bits per heavy atom. The Balaban J connectivity index is 2.04. The number of halogens is 3. The van der Waals surface area contributed by atoms with E-state index in [-0.39, 0.29) is 22.2 Å². The topological polar surface area (TPSA) is 102 Å². The number of anilines is 1. The van der Waals surface area contributed by atoms with Crippen LogP contribution in [0.3, 0.4) is 0 Å². The molecule has 0 spiro atoms. The Hall–Kier alpha value is -3.06. The zero-order valence-electron chi connectivity index (χ0n) is 20.0. The lowest BCUT2D eigenvalue weighted by Crippen LogP contribution is -2.30. The molecule has 1 heterocycles. The predicted octanol–water partition coefficient (Wildman–Crippen LogP) is 4.84. The van der Waals surface area contributed by atoms with Crippen molar-refractivity contribution >= 4 is 28.7 Å². The van der Waals surface area contributed by atoms with Crippen molar-refractivity contribution in [3.8, 4) is 11.6 Å². The lowest BCUT2D eigenvalue weighted by Gasteiger charge is -2.17. The second-order valence-corrected chi connectivity index (χ2v) is 8.16. The van der Waals surface area contributed by atoms with Crippen LogP contribution in [0.5, 0.6) is 11.6 Å². The van der Waals surface area contributed by atoms with E-state index in [1.54, 1.807) is 0 Å². The molecule has 35 heavy (non-hydrogen) atoms. The van der Waals surface area contributed by atoms with Crippen molar-refractivity contribution in [1.29, 1.82) is 0 Å². The van der Waals surface area contributed by atoms with Crippen molar-refractivity contribution in [3.05, 3.63) is 34.6 Å². The molecule has 0 aliphatic heterocycles. The maximum atomic E-state index is 14.1. The van der Waals surface area contributed by atoms with Crippen LogP contribution in [0.4, 0.5) is 27.8 Å². The lowest BCUT2D eigenvalue weighted by molar-refractivity contribution is 0.119. The van der Waals surface area contributed by atoms with Crippen LogP contribution in [-0.4, -0.2) is 54.7 Å². The summed E-state index contributed by atoms with van der Waals surface area (Å²) in [7, 11) is 1.07. The quantitative estimate of drug-likeness (QED) is 0.236. The van der Waals surface area contributed by atoms with Crippen molar-refractivity contribution in [2.24, 2.45) is 0 Å². The molecule has 9 nitrogen and oxygen atoms in total. The molecule has 194 valence electrons. The minimum absolute atomic E-state index is 0.00192. The first-order chi connectivity index (χ1) is 16.7. The smallest absolute Gasteiger partial charge is 0.469 e. The van der Waals surface area contributed by atoms with E-state index >= 15 is 0 Å². The Morgan fingerprint density at radius 1 is 1.14 bits per heavy atom. The summed E-state index contributed by atoms with van der Waals surface area (Å²) >= 11 is 0.712. The molecule has 0 fully saturated rings. The monoisotopic (exact) mass is 518 g/mol. The first-order valence-corrected chi connectivity index (χ1v) is 11.8. The highest BCUT2D eigenvalue weighted by molar-refractivity contribution is 7.11. The molecule has 1 aromatic carbocycles. The lowest BCUT2D eigenvalue weighted by atomic mass is 10.1. The van der Waals surface area contributed by atoms with E-state index in [1.807, 2.05) is 0 Å². The number of rotatable bonds is 12. The second-order valence-electron chi connectivity index (χ2n) is 7.39. The van der Waals surface area contributed by atoms with Gasteiger partial charge in [-0.05, 0) is 62.6 Å². The zero-order valence-corrected chi connectivity index (χ0v) is 20.8. The number of hydrogen-bond acceptors (Lipinski definition) is 8. The number of hydrogen-bond donors (Lipinski definition) is 2. The number of unbranched alkanes of at least 4 members (excludes halogenated alkanes) is 1. The molecule has 0 aliphatic carbocycles. The van der Waals surface area contributed by atoms with Gasteiger partial charge in [-0.15, -0.1) is 4.37 Å². The standard InChI is InChI=1S/C22H29F3N4O5S/c1-5-29(6-2)10-8-7-9-26-21(30)27-20-18(34-22(31)32-4)19(28-35-20)33-12-14-15(23)11-13(3)16(24)17(14)25/h11H,5-10,12H2,1-4H3,(H2,26,27,30). The van der Waals surface area contributed by atoms with Crippen molar-refractivity contribution in [2.75, 3.05) is 38.6 Å². The number of carbonyl (C=O) groups excluding carboxylic acids is 2. The fourth-order valence-electron chi connectivity index (χ4n) is 3.03. The molecule has 13 heteroatoms. The molecule has 0 bridgehead atoms. The third-order valence-electron chi connectivity index (χ3n) is 5.07. The van der Waals surface area contributed by atoms with Gasteiger partial charge in [-0.2, -0.15) is 0 Å². The maximum absolute atomic E-state index is 14.1. The highest BCUT2D eigenvalue weighted by Crippen LogP contribution is 2.39. The molecule has 0 saturated heterocycles. The number of benzene rings is 1. The van der Waals surface area contributed by atoms with Gasteiger partial charge in [-0.25, -0.2) is 22.8 Å². The van der Waals surface area contributed by atoms with Crippen molar-refractivity contribution in [1.82, 2.24) is 14.6 Å². The van der Waals surface area contributed by atoms with Gasteiger partial charge in [0.15, 0.2) is 16.6 Å². The summed E-state index contributed by atoms with van der Waals surface area (Å²) < 4.78 is 60.7. The summed E-state index contributed by atoms with van der Waals surface area (Å²) in [6.45, 7) is 7.92. The Labute approximate surface area is 205 Å². The minimum Gasteiger partial charge on any atom is -0.469 e. The van der Waals surface area contributed by atoms with Gasteiger partial charge in [0.1, 0.15) is 12.4 Å². The number of nitrogens with one attached hydrogen (secondary N) is 2. The number of aromatic nitrogens is 1. The first kappa shape index (κ1) is 28.2. The number of carbonyl (C=O) groups is 2. The second kappa shape index (κ2) is 13.7. The fraction of sp³-hybridized carbons (Fsp3) is 0.500. The van der Waals surface area contributed by atoms with E-state index < -0.39 is 41.8 Å². The third kappa shape index (κ3) is 7.99. The zero-order chi connectivity index (χ0) is 26.0. The first-order valence-electron chi connectivity index (χ1n) is 11.0. The third-order valence-corrected chi connectivity index (χ3v) is 5.80. The van der Waals surface area contributed by atoms with Crippen LogP contribution in [-0.2, 0) is 11.3 Å². The fourth-order valence-corrected chi connectivity index (χ4v) is 3.69. The van der Waals surface area contributed by atoms with Crippen LogP contribution >= 0.6 is 11.5 Å². The Morgan fingerprint density at radius 3 is 2.51 bits per heavy atom. The van der Waals surface area contributed by atoms with Crippen LogP contribution in [0.1, 0.15) is 37.8 Å². The maximum Gasteiger partial charge on any atom is 0.513 e. The van der Waals surface area contributed by atoms with Crippen LogP contribution in [0.15, 0.2) is 6.07 Å². The minimum atomic E-state index is -1.40. The average Bonchev–Trinajstić information content (AvgIpc) is 3.20. The largest absolute Gasteiger partial charge is 0.513 e. The van der Waals surface area contributed by atoms with Gasteiger partial charge in [-0.1, -0.05) is 13.8 Å². The van der Waals surface area contributed by atoms with E-state index in [0.717, 1.165) is 45.7 Å². The Bertz CT molecular complexity index is 1020. The molecular weight excluding hydrogens is 489 g/mol. The van der Waals surface area contributed by atoms with E-state index in [0.29, 0.717) is 18.1 Å². The Kier molecular flexibility index (Phi) is 11.1. The molecule has 0 unspecified atom stereocenters. The van der Waals surface area contributed by atoms with Crippen LogP contribution in [0.2, 0.25) is 0 Å². The summed E-state index contributed by atoms with van der Waals surface area (Å²) in [5, 5.41) is 5.18. The number of urea groups is 1. The molecular formula is C22H29F3N4O5S. The number of ether oxygens (including phenoxy) is 3. The molecule has 0 saturated carbocycles. The number of amides is 2. The van der Waals surface area contributed by atoms with Gasteiger partial charge in [0.05, 0.1) is 12.7 Å². The van der Waals surface area contributed by atoms with Crippen molar-refractivity contribution in [3.63, 3.8) is 0 Å². The van der Waals surface area contributed by atoms with Crippen LogP contribution in [0.25, 0.3) is 0 Å². The average molecular weight is 519 g/mol. The predicted molar refractivity (Wildman–Crippen MR) is 125 cm³/mol. The molecule has 2 amide bonds. The molecule has 2 aromatic rings. The summed E-state index contributed by atoms with van der Waals surface area (Å²) in [4.78, 5) is 26.2. The summed E-state index contributed by atoms with van der Waals surface area (Å²) in [6, 6.07) is 0.263. The van der Waals surface area contributed by atoms with Gasteiger partial charge in [0.25, 0.3) is 5.88 Å². The van der Waals surface area contributed by atoms with Gasteiger partial charge in [0.2, 0.25) is 5.75 Å². The molecule has 0 radical (unpaired) electrons.